The number of nitrogen functional groups attached to an aromatic ring is 2. The maximum absolute atomic E-state index is 12.6. The molecule has 0 spiro atoms. The van der Waals surface area contributed by atoms with Gasteiger partial charge in [-0.3, -0.25) is 4.79 Å². The molecule has 1 aliphatic rings. The second-order valence-corrected chi connectivity index (χ2v) is 9.02. The third kappa shape index (κ3) is 8.89. The number of anilines is 2. The summed E-state index contributed by atoms with van der Waals surface area (Å²) in [5, 5.41) is 0. The molecule has 0 amide bonds. The summed E-state index contributed by atoms with van der Waals surface area (Å²) < 4.78 is 16.7. The molecule has 0 aromatic heterocycles. The third-order valence-electron chi connectivity index (χ3n) is 6.21. The molecule has 1 fully saturated rings. The molecule has 7 nitrogen and oxygen atoms in total. The van der Waals surface area contributed by atoms with E-state index in [4.69, 9.17) is 25.7 Å². The lowest BCUT2D eigenvalue weighted by Gasteiger charge is -2.27. The number of rotatable bonds is 12. The second-order valence-electron chi connectivity index (χ2n) is 9.02. The van der Waals surface area contributed by atoms with Crippen molar-refractivity contribution in [1.82, 2.24) is 0 Å². The molecule has 0 aliphatic heterocycles. The van der Waals surface area contributed by atoms with Crippen molar-refractivity contribution >= 4 is 29.4 Å². The minimum atomic E-state index is -0.488. The van der Waals surface area contributed by atoms with Gasteiger partial charge in [0, 0.05) is 29.6 Å². The molecule has 1 saturated carbocycles. The largest absolute Gasteiger partial charge is 0.458 e. The maximum atomic E-state index is 12.6. The van der Waals surface area contributed by atoms with Gasteiger partial charge in [0.15, 0.2) is 0 Å². The van der Waals surface area contributed by atoms with E-state index in [-0.39, 0.29) is 24.6 Å². The monoisotopic (exact) mass is 492 g/mol. The molecule has 0 radical (unpaired) electrons. The Kier molecular flexibility index (Phi) is 10.6. The van der Waals surface area contributed by atoms with Crippen molar-refractivity contribution in [2.24, 2.45) is 5.92 Å². The molecule has 7 heteroatoms. The number of benzene rings is 2. The van der Waals surface area contributed by atoms with Crippen LogP contribution in [0.5, 0.6) is 5.75 Å². The highest BCUT2D eigenvalue weighted by atomic mass is 16.5. The van der Waals surface area contributed by atoms with Gasteiger partial charge in [0.1, 0.15) is 12.4 Å². The molecule has 0 heterocycles. The molecule has 0 saturated heterocycles. The zero-order valence-corrected chi connectivity index (χ0v) is 20.7. The summed E-state index contributed by atoms with van der Waals surface area (Å²) >= 11 is 0. The lowest BCUT2D eigenvalue weighted by Crippen LogP contribution is -2.29. The van der Waals surface area contributed by atoms with Gasteiger partial charge in [-0.2, -0.15) is 0 Å². The molecule has 1 aliphatic carbocycles. The normalized spacial score (nSPS) is 17.6. The van der Waals surface area contributed by atoms with Gasteiger partial charge in [-0.1, -0.05) is 24.3 Å². The standard InChI is InChI=1S/C29H36N2O5/c1-2-3-4-5-18-34-25-15-10-22(11-16-25)29(33)36-26-13-6-21(7-14-26)8-17-28(32)35-20-23-9-12-24(30)19-27(23)31/h2,6-9,12-14,17,19,22,25H,1,3-5,10-11,15-16,18,20,30-31H2/b17-8+. The smallest absolute Gasteiger partial charge is 0.331 e. The molecule has 0 bridgehead atoms. The summed E-state index contributed by atoms with van der Waals surface area (Å²) in [5.41, 5.74) is 14.0. The average Bonchev–Trinajstić information content (AvgIpc) is 2.88. The topological polar surface area (TPSA) is 114 Å². The Morgan fingerprint density at radius 3 is 2.44 bits per heavy atom. The molecular weight excluding hydrogens is 456 g/mol. The summed E-state index contributed by atoms with van der Waals surface area (Å²) in [7, 11) is 0. The highest BCUT2D eigenvalue weighted by Crippen LogP contribution is 2.28. The molecule has 2 aromatic rings. The Hall–Kier alpha value is -3.58. The number of unbranched alkanes of at least 4 members (excludes halogenated alkanes) is 2. The lowest BCUT2D eigenvalue weighted by atomic mass is 9.87. The molecule has 0 atom stereocenters. The Labute approximate surface area is 213 Å². The van der Waals surface area contributed by atoms with Crippen LogP contribution in [0, 0.1) is 5.92 Å². The summed E-state index contributed by atoms with van der Waals surface area (Å²) in [4.78, 5) is 24.6. The van der Waals surface area contributed by atoms with Crippen molar-refractivity contribution in [2.75, 3.05) is 18.1 Å². The summed E-state index contributed by atoms with van der Waals surface area (Å²) in [5.74, 6) is -0.305. The molecule has 0 unspecified atom stereocenters. The van der Waals surface area contributed by atoms with Gasteiger partial charge >= 0.3 is 11.9 Å². The second kappa shape index (κ2) is 14.1. The highest BCUT2D eigenvalue weighted by molar-refractivity contribution is 5.87. The van der Waals surface area contributed by atoms with E-state index >= 15 is 0 Å². The van der Waals surface area contributed by atoms with E-state index in [9.17, 15) is 9.59 Å². The zero-order valence-electron chi connectivity index (χ0n) is 20.7. The summed E-state index contributed by atoms with van der Waals surface area (Å²) in [6, 6.07) is 12.1. The fraction of sp³-hybridized carbons (Fsp3) is 0.379. The summed E-state index contributed by atoms with van der Waals surface area (Å²) in [6.45, 7) is 4.56. The first kappa shape index (κ1) is 27.0. The van der Waals surface area contributed by atoms with Crippen LogP contribution >= 0.6 is 0 Å². The minimum Gasteiger partial charge on any atom is -0.458 e. The zero-order chi connectivity index (χ0) is 25.8. The fourth-order valence-corrected chi connectivity index (χ4v) is 4.06. The van der Waals surface area contributed by atoms with Crippen molar-refractivity contribution in [3.63, 3.8) is 0 Å². The Bertz CT molecular complexity index is 1040. The van der Waals surface area contributed by atoms with E-state index in [1.165, 1.54) is 6.08 Å². The SMILES string of the molecule is C=CCCCCOC1CCC(C(=O)Oc2ccc(/C=C/C(=O)OCc3ccc(N)cc3N)cc2)CC1. The average molecular weight is 493 g/mol. The summed E-state index contributed by atoms with van der Waals surface area (Å²) in [6.07, 6.45) is 11.6. The molecule has 4 N–H and O–H groups in total. The minimum absolute atomic E-state index is 0.0634. The number of esters is 2. The van der Waals surface area contributed by atoms with Crippen LogP contribution in [0.15, 0.2) is 61.2 Å². The predicted molar refractivity (Wildman–Crippen MR) is 142 cm³/mol. The molecular formula is C29H36N2O5. The number of allylic oxidation sites excluding steroid dienone is 1. The van der Waals surface area contributed by atoms with Gasteiger partial charge in [0.2, 0.25) is 0 Å². The highest BCUT2D eigenvalue weighted by Gasteiger charge is 2.28. The predicted octanol–water partition coefficient (Wildman–Crippen LogP) is 5.44. The van der Waals surface area contributed by atoms with Crippen molar-refractivity contribution in [3.8, 4) is 5.75 Å². The van der Waals surface area contributed by atoms with Crippen molar-refractivity contribution < 1.29 is 23.8 Å². The maximum Gasteiger partial charge on any atom is 0.331 e. The van der Waals surface area contributed by atoms with E-state index in [2.05, 4.69) is 6.58 Å². The van der Waals surface area contributed by atoms with Crippen LogP contribution in [0.25, 0.3) is 6.08 Å². The molecule has 2 aromatic carbocycles. The Balaban J connectivity index is 1.38. The van der Waals surface area contributed by atoms with Crippen LogP contribution in [0.1, 0.15) is 56.1 Å². The van der Waals surface area contributed by atoms with E-state index in [1.807, 2.05) is 6.08 Å². The molecule has 3 rings (SSSR count). The number of hydrogen-bond acceptors (Lipinski definition) is 7. The van der Waals surface area contributed by atoms with Crippen LogP contribution in [0.4, 0.5) is 11.4 Å². The quantitative estimate of drug-likeness (QED) is 0.101. The number of nitrogens with two attached hydrogens (primary N) is 2. The first-order valence-electron chi connectivity index (χ1n) is 12.5. The van der Waals surface area contributed by atoms with E-state index in [0.717, 1.165) is 57.1 Å². The Morgan fingerprint density at radius 1 is 1.00 bits per heavy atom. The van der Waals surface area contributed by atoms with Gasteiger partial charge in [-0.05, 0) is 80.9 Å². The van der Waals surface area contributed by atoms with Crippen molar-refractivity contribution in [2.45, 2.75) is 57.7 Å². The van der Waals surface area contributed by atoms with E-state index < -0.39 is 5.97 Å². The Morgan fingerprint density at radius 2 is 1.75 bits per heavy atom. The van der Waals surface area contributed by atoms with E-state index in [1.54, 1.807) is 48.5 Å². The van der Waals surface area contributed by atoms with Gasteiger partial charge < -0.3 is 25.7 Å². The molecule has 36 heavy (non-hydrogen) atoms. The van der Waals surface area contributed by atoms with Crippen molar-refractivity contribution in [1.29, 1.82) is 0 Å². The number of carbonyl (C=O) groups is 2. The van der Waals surface area contributed by atoms with Crippen molar-refractivity contribution in [3.05, 3.63) is 72.3 Å². The number of ether oxygens (including phenoxy) is 3. The van der Waals surface area contributed by atoms with Crippen LogP contribution in [-0.4, -0.2) is 24.6 Å². The van der Waals surface area contributed by atoms with Gasteiger partial charge in [0.05, 0.1) is 12.0 Å². The van der Waals surface area contributed by atoms with Gasteiger partial charge in [-0.25, -0.2) is 4.79 Å². The van der Waals surface area contributed by atoms with Crippen LogP contribution in [0.3, 0.4) is 0 Å². The van der Waals surface area contributed by atoms with Gasteiger partial charge in [-0.15, -0.1) is 6.58 Å². The van der Waals surface area contributed by atoms with Crippen LogP contribution in [-0.2, 0) is 25.7 Å². The van der Waals surface area contributed by atoms with Gasteiger partial charge in [0.25, 0.3) is 0 Å². The molecule has 192 valence electrons. The first-order chi connectivity index (χ1) is 17.4. The van der Waals surface area contributed by atoms with Crippen LogP contribution in [0.2, 0.25) is 0 Å². The fourth-order valence-electron chi connectivity index (χ4n) is 4.06. The first-order valence-corrected chi connectivity index (χ1v) is 12.5. The van der Waals surface area contributed by atoms with Crippen LogP contribution < -0.4 is 16.2 Å². The third-order valence-corrected chi connectivity index (χ3v) is 6.21. The van der Waals surface area contributed by atoms with E-state index in [0.29, 0.717) is 22.7 Å². The number of hydrogen-bond donors (Lipinski definition) is 2. The lowest BCUT2D eigenvalue weighted by molar-refractivity contribution is -0.141. The number of carbonyl (C=O) groups excluding carboxylic acids is 2.